The molecular formula is C10H19NO2. The summed E-state index contributed by atoms with van der Waals surface area (Å²) in [4.78, 5) is 0. The first-order valence-corrected chi connectivity index (χ1v) is 5.17. The molecule has 3 nitrogen and oxygen atoms in total. The maximum absolute atomic E-state index is 5.41. The van der Waals surface area contributed by atoms with Crippen LogP contribution in [0.2, 0.25) is 0 Å². The predicted molar refractivity (Wildman–Crippen MR) is 50.8 cm³/mol. The topological polar surface area (TPSA) is 30.5 Å². The van der Waals surface area contributed by atoms with E-state index in [2.05, 4.69) is 12.2 Å². The molecule has 2 rings (SSSR count). The van der Waals surface area contributed by atoms with Crippen molar-refractivity contribution in [1.29, 1.82) is 0 Å². The molecule has 0 aromatic rings. The molecule has 0 amide bonds. The second-order valence-corrected chi connectivity index (χ2v) is 4.54. The minimum Gasteiger partial charge on any atom is -0.377 e. The van der Waals surface area contributed by atoms with Gasteiger partial charge in [-0.05, 0) is 18.3 Å². The zero-order valence-corrected chi connectivity index (χ0v) is 8.34. The van der Waals surface area contributed by atoms with Gasteiger partial charge in [0.15, 0.2) is 0 Å². The minimum atomic E-state index is 0.403. The Hall–Kier alpha value is -0.120. The molecular weight excluding hydrogens is 166 g/mol. The largest absolute Gasteiger partial charge is 0.377 e. The monoisotopic (exact) mass is 185 g/mol. The van der Waals surface area contributed by atoms with Crippen molar-refractivity contribution in [2.45, 2.75) is 25.8 Å². The van der Waals surface area contributed by atoms with E-state index in [1.165, 1.54) is 12.8 Å². The highest BCUT2D eigenvalue weighted by atomic mass is 16.5. The van der Waals surface area contributed by atoms with E-state index in [9.17, 15) is 0 Å². The molecule has 3 heteroatoms. The van der Waals surface area contributed by atoms with Crippen LogP contribution in [0.1, 0.15) is 19.8 Å². The molecule has 0 aromatic heterocycles. The van der Waals surface area contributed by atoms with Crippen molar-refractivity contribution in [1.82, 2.24) is 5.32 Å². The Morgan fingerprint density at radius 1 is 1.23 bits per heavy atom. The van der Waals surface area contributed by atoms with Crippen LogP contribution >= 0.6 is 0 Å². The lowest BCUT2D eigenvalue weighted by Gasteiger charge is -2.17. The molecule has 0 aromatic carbocycles. The summed E-state index contributed by atoms with van der Waals surface area (Å²) < 4.78 is 10.8. The van der Waals surface area contributed by atoms with Crippen molar-refractivity contribution in [3.8, 4) is 0 Å². The Labute approximate surface area is 79.8 Å². The van der Waals surface area contributed by atoms with Gasteiger partial charge in [0.2, 0.25) is 0 Å². The van der Waals surface area contributed by atoms with Crippen molar-refractivity contribution < 1.29 is 9.47 Å². The maximum atomic E-state index is 5.41. The molecule has 1 aliphatic carbocycles. The normalized spacial score (nSPS) is 28.4. The fraction of sp³-hybridized carbons (Fsp3) is 1.00. The summed E-state index contributed by atoms with van der Waals surface area (Å²) in [6.07, 6.45) is 2.74. The van der Waals surface area contributed by atoms with Gasteiger partial charge in [-0.15, -0.1) is 0 Å². The second-order valence-electron chi connectivity index (χ2n) is 4.54. The third-order valence-corrected chi connectivity index (χ3v) is 2.93. The van der Waals surface area contributed by atoms with Crippen molar-refractivity contribution >= 4 is 0 Å². The average Bonchev–Trinajstić information content (AvgIpc) is 2.87. The fourth-order valence-electron chi connectivity index (χ4n) is 1.52. The highest BCUT2D eigenvalue weighted by Gasteiger charge is 2.37. The van der Waals surface area contributed by atoms with Gasteiger partial charge in [-0.2, -0.15) is 0 Å². The van der Waals surface area contributed by atoms with Crippen LogP contribution in [0.5, 0.6) is 0 Å². The first-order valence-electron chi connectivity index (χ1n) is 5.17. The molecule has 0 radical (unpaired) electrons. The van der Waals surface area contributed by atoms with Crippen LogP contribution in [0.15, 0.2) is 0 Å². The van der Waals surface area contributed by atoms with Gasteiger partial charge in [-0.25, -0.2) is 0 Å². The van der Waals surface area contributed by atoms with E-state index in [-0.39, 0.29) is 0 Å². The standard InChI is InChI=1S/C10H19NO2/c1-10(2-3-10)8-11-9-6-12-4-5-13-7-9/h9,11H,2-8H2,1H3. The third kappa shape index (κ3) is 2.93. The van der Waals surface area contributed by atoms with Crippen LogP contribution < -0.4 is 5.32 Å². The van der Waals surface area contributed by atoms with Crippen LogP contribution in [-0.2, 0) is 9.47 Å². The van der Waals surface area contributed by atoms with Gasteiger partial charge in [0.05, 0.1) is 32.5 Å². The summed E-state index contributed by atoms with van der Waals surface area (Å²) in [5.74, 6) is 0. The fourth-order valence-corrected chi connectivity index (χ4v) is 1.52. The van der Waals surface area contributed by atoms with Gasteiger partial charge in [0, 0.05) is 6.54 Å². The molecule has 1 heterocycles. The minimum absolute atomic E-state index is 0.403. The van der Waals surface area contributed by atoms with Gasteiger partial charge < -0.3 is 14.8 Å². The summed E-state index contributed by atoms with van der Waals surface area (Å²) in [6.45, 7) is 6.54. The van der Waals surface area contributed by atoms with Gasteiger partial charge in [-0.1, -0.05) is 6.92 Å². The molecule has 13 heavy (non-hydrogen) atoms. The van der Waals surface area contributed by atoms with Crippen molar-refractivity contribution in [3.63, 3.8) is 0 Å². The van der Waals surface area contributed by atoms with Crippen LogP contribution in [0.25, 0.3) is 0 Å². The molecule has 1 aliphatic heterocycles. The van der Waals surface area contributed by atoms with Crippen molar-refractivity contribution in [2.75, 3.05) is 33.0 Å². The maximum Gasteiger partial charge on any atom is 0.0701 e. The van der Waals surface area contributed by atoms with E-state index >= 15 is 0 Å². The first-order chi connectivity index (χ1) is 6.29. The second kappa shape index (κ2) is 3.95. The zero-order chi connectivity index (χ0) is 9.15. The highest BCUT2D eigenvalue weighted by Crippen LogP contribution is 2.44. The SMILES string of the molecule is CC1(CNC2COCCOC2)CC1. The van der Waals surface area contributed by atoms with E-state index in [4.69, 9.17) is 9.47 Å². The summed E-state index contributed by atoms with van der Waals surface area (Å²) in [6, 6.07) is 0.403. The summed E-state index contributed by atoms with van der Waals surface area (Å²) in [7, 11) is 0. The van der Waals surface area contributed by atoms with Crippen LogP contribution in [0.3, 0.4) is 0 Å². The van der Waals surface area contributed by atoms with E-state index in [1.807, 2.05) is 0 Å². The molecule has 0 bridgehead atoms. The lowest BCUT2D eigenvalue weighted by atomic mass is 10.1. The smallest absolute Gasteiger partial charge is 0.0701 e. The third-order valence-electron chi connectivity index (χ3n) is 2.93. The lowest BCUT2D eigenvalue weighted by molar-refractivity contribution is 0.103. The molecule has 2 fully saturated rings. The zero-order valence-electron chi connectivity index (χ0n) is 8.34. The average molecular weight is 185 g/mol. The highest BCUT2D eigenvalue weighted by molar-refractivity contribution is 4.91. The Morgan fingerprint density at radius 3 is 2.38 bits per heavy atom. The van der Waals surface area contributed by atoms with Crippen LogP contribution in [0.4, 0.5) is 0 Å². The number of nitrogens with one attached hydrogen (secondary N) is 1. The summed E-state index contributed by atoms with van der Waals surface area (Å²) >= 11 is 0. The molecule has 0 spiro atoms. The molecule has 76 valence electrons. The van der Waals surface area contributed by atoms with Crippen molar-refractivity contribution in [3.05, 3.63) is 0 Å². The summed E-state index contributed by atoms with van der Waals surface area (Å²) in [5.41, 5.74) is 0.576. The Kier molecular flexibility index (Phi) is 2.86. The van der Waals surface area contributed by atoms with Crippen LogP contribution in [0, 0.1) is 5.41 Å². The Balaban J connectivity index is 1.67. The number of rotatable bonds is 3. The van der Waals surface area contributed by atoms with Gasteiger partial charge in [0.25, 0.3) is 0 Å². The molecule has 2 aliphatic rings. The predicted octanol–water partition coefficient (Wildman–Crippen LogP) is 0.791. The molecule has 0 atom stereocenters. The lowest BCUT2D eigenvalue weighted by Crippen LogP contribution is -2.39. The van der Waals surface area contributed by atoms with Gasteiger partial charge in [-0.3, -0.25) is 0 Å². The number of hydrogen-bond donors (Lipinski definition) is 1. The summed E-state index contributed by atoms with van der Waals surface area (Å²) in [5, 5.41) is 3.51. The Morgan fingerprint density at radius 2 is 1.85 bits per heavy atom. The van der Waals surface area contributed by atoms with Crippen LogP contribution in [-0.4, -0.2) is 39.0 Å². The number of hydrogen-bond acceptors (Lipinski definition) is 3. The van der Waals surface area contributed by atoms with E-state index < -0.39 is 0 Å². The Bertz CT molecular complexity index is 160. The van der Waals surface area contributed by atoms with E-state index in [0.29, 0.717) is 11.5 Å². The van der Waals surface area contributed by atoms with Gasteiger partial charge >= 0.3 is 0 Å². The molecule has 1 saturated heterocycles. The van der Waals surface area contributed by atoms with Crippen molar-refractivity contribution in [2.24, 2.45) is 5.41 Å². The quantitative estimate of drug-likeness (QED) is 0.705. The first kappa shape index (κ1) is 9.44. The van der Waals surface area contributed by atoms with E-state index in [0.717, 1.165) is 33.0 Å². The molecule has 1 saturated carbocycles. The number of ether oxygens (including phenoxy) is 2. The molecule has 1 N–H and O–H groups in total. The van der Waals surface area contributed by atoms with E-state index in [1.54, 1.807) is 0 Å². The molecule has 0 unspecified atom stereocenters. The van der Waals surface area contributed by atoms with Gasteiger partial charge in [0.1, 0.15) is 0 Å².